The predicted molar refractivity (Wildman–Crippen MR) is 98.4 cm³/mol. The Hall–Kier alpha value is -1.76. The molecule has 1 heteroatoms. The van der Waals surface area contributed by atoms with E-state index in [0.29, 0.717) is 0 Å². The van der Waals surface area contributed by atoms with Crippen molar-refractivity contribution >= 4 is 11.4 Å². The number of anilines is 2. The van der Waals surface area contributed by atoms with Crippen molar-refractivity contribution in [1.82, 2.24) is 0 Å². The maximum Gasteiger partial charge on any atom is 0.0443 e. The second kappa shape index (κ2) is 7.49. The van der Waals surface area contributed by atoms with Crippen molar-refractivity contribution in [2.24, 2.45) is 0 Å². The number of benzene rings is 2. The van der Waals surface area contributed by atoms with E-state index in [2.05, 4.69) is 76.0 Å². The summed E-state index contributed by atoms with van der Waals surface area (Å²) in [5.74, 6) is 0. The number of rotatable bonds is 6. The molecule has 0 radical (unpaired) electrons. The Kier molecular flexibility index (Phi) is 5.65. The molecule has 2 aromatic carbocycles. The van der Waals surface area contributed by atoms with Crippen LogP contribution in [0, 0.1) is 20.8 Å². The van der Waals surface area contributed by atoms with Gasteiger partial charge in [-0.1, -0.05) is 44.0 Å². The van der Waals surface area contributed by atoms with E-state index in [1.807, 2.05) is 0 Å². The zero-order valence-corrected chi connectivity index (χ0v) is 14.7. The first-order valence-corrected chi connectivity index (χ1v) is 8.44. The molecule has 22 heavy (non-hydrogen) atoms. The number of nitrogens with zero attached hydrogens (tertiary/aromatic N) is 1. The molecule has 0 saturated carbocycles. The minimum absolute atomic E-state index is 1.16. The Morgan fingerprint density at radius 2 is 1.64 bits per heavy atom. The maximum absolute atomic E-state index is 2.36. The van der Waals surface area contributed by atoms with Crippen LogP contribution < -0.4 is 4.90 Å². The predicted octanol–water partition coefficient (Wildman–Crippen LogP) is 6.11. The minimum Gasteiger partial charge on any atom is -0.344 e. The highest BCUT2D eigenvalue weighted by atomic mass is 15.1. The van der Waals surface area contributed by atoms with Gasteiger partial charge in [-0.15, -0.1) is 0 Å². The molecule has 0 bridgehead atoms. The minimum atomic E-state index is 1.16. The van der Waals surface area contributed by atoms with E-state index in [1.54, 1.807) is 0 Å². The smallest absolute Gasteiger partial charge is 0.0443 e. The molecule has 2 rings (SSSR count). The van der Waals surface area contributed by atoms with Crippen LogP contribution in [0.2, 0.25) is 0 Å². The molecule has 0 unspecified atom stereocenters. The van der Waals surface area contributed by atoms with Gasteiger partial charge in [-0.2, -0.15) is 0 Å². The van der Waals surface area contributed by atoms with Crippen LogP contribution in [-0.4, -0.2) is 7.05 Å². The average Bonchev–Trinajstić information content (AvgIpc) is 2.51. The molecule has 118 valence electrons. The second-order valence-electron chi connectivity index (χ2n) is 6.37. The van der Waals surface area contributed by atoms with Crippen molar-refractivity contribution in [3.8, 4) is 0 Å². The Morgan fingerprint density at radius 3 is 2.36 bits per heavy atom. The molecule has 0 aliphatic carbocycles. The molecule has 0 N–H and O–H groups in total. The highest BCUT2D eigenvalue weighted by Crippen LogP contribution is 2.32. The third-order valence-electron chi connectivity index (χ3n) is 4.55. The third-order valence-corrected chi connectivity index (χ3v) is 4.55. The normalized spacial score (nSPS) is 10.8. The van der Waals surface area contributed by atoms with E-state index in [9.17, 15) is 0 Å². The highest BCUT2D eigenvalue weighted by molar-refractivity contribution is 5.70. The first kappa shape index (κ1) is 16.6. The zero-order chi connectivity index (χ0) is 16.1. The Balaban J connectivity index is 2.35. The van der Waals surface area contributed by atoms with Crippen LogP contribution in [0.3, 0.4) is 0 Å². The largest absolute Gasteiger partial charge is 0.344 e. The molecule has 0 fully saturated rings. The lowest BCUT2D eigenvalue weighted by atomic mass is 10.0. The van der Waals surface area contributed by atoms with Gasteiger partial charge in [0.2, 0.25) is 0 Å². The number of para-hydroxylation sites is 1. The summed E-state index contributed by atoms with van der Waals surface area (Å²) >= 11 is 0. The van der Waals surface area contributed by atoms with Gasteiger partial charge >= 0.3 is 0 Å². The standard InChI is InChI=1S/C21H29N/c1-6-7-8-11-19-12-9-10-13-20(19)22(5)21-15-16(2)14-17(3)18(21)4/h9-10,12-15H,6-8,11H2,1-5H3. The SMILES string of the molecule is CCCCCc1ccccc1N(C)c1cc(C)cc(C)c1C. The third kappa shape index (κ3) is 3.71. The lowest BCUT2D eigenvalue weighted by Gasteiger charge is -2.26. The van der Waals surface area contributed by atoms with Gasteiger partial charge in [-0.3, -0.25) is 0 Å². The molecule has 0 amide bonds. The average molecular weight is 295 g/mol. The summed E-state index contributed by atoms with van der Waals surface area (Å²) in [7, 11) is 2.19. The summed E-state index contributed by atoms with van der Waals surface area (Å²) in [6, 6.07) is 13.4. The summed E-state index contributed by atoms with van der Waals surface area (Å²) in [6.45, 7) is 8.86. The molecule has 0 atom stereocenters. The Bertz CT molecular complexity index is 628. The van der Waals surface area contributed by atoms with Crippen LogP contribution in [0.4, 0.5) is 11.4 Å². The first-order chi connectivity index (χ1) is 10.5. The fraction of sp³-hybridized carbons (Fsp3) is 0.429. The highest BCUT2D eigenvalue weighted by Gasteiger charge is 2.12. The summed E-state index contributed by atoms with van der Waals surface area (Å²) in [5, 5.41) is 0. The van der Waals surface area contributed by atoms with E-state index in [-0.39, 0.29) is 0 Å². The first-order valence-electron chi connectivity index (χ1n) is 8.44. The number of aryl methyl sites for hydroxylation is 3. The molecule has 0 aromatic heterocycles. The molecule has 0 aliphatic rings. The molecule has 2 aromatic rings. The monoisotopic (exact) mass is 295 g/mol. The molecule has 0 aliphatic heterocycles. The van der Waals surface area contributed by atoms with E-state index in [1.165, 1.54) is 52.9 Å². The van der Waals surface area contributed by atoms with Crippen molar-refractivity contribution in [3.05, 3.63) is 58.7 Å². The van der Waals surface area contributed by atoms with Crippen LogP contribution >= 0.6 is 0 Å². The van der Waals surface area contributed by atoms with Crippen LogP contribution in [-0.2, 0) is 6.42 Å². The van der Waals surface area contributed by atoms with Gasteiger partial charge in [0.05, 0.1) is 0 Å². The lowest BCUT2D eigenvalue weighted by Crippen LogP contribution is -2.14. The van der Waals surface area contributed by atoms with Gasteiger partial charge in [0, 0.05) is 18.4 Å². The summed E-state index contributed by atoms with van der Waals surface area (Å²) in [4.78, 5) is 2.36. The molecular weight excluding hydrogens is 266 g/mol. The van der Waals surface area contributed by atoms with E-state index < -0.39 is 0 Å². The number of hydrogen-bond acceptors (Lipinski definition) is 1. The summed E-state index contributed by atoms with van der Waals surface area (Å²) < 4.78 is 0. The van der Waals surface area contributed by atoms with Gasteiger partial charge in [-0.25, -0.2) is 0 Å². The van der Waals surface area contributed by atoms with Crippen molar-refractivity contribution in [1.29, 1.82) is 0 Å². The van der Waals surface area contributed by atoms with E-state index in [0.717, 1.165) is 6.42 Å². The van der Waals surface area contributed by atoms with Gasteiger partial charge < -0.3 is 4.90 Å². The van der Waals surface area contributed by atoms with Crippen molar-refractivity contribution < 1.29 is 0 Å². The lowest BCUT2D eigenvalue weighted by molar-refractivity contribution is 0.717. The fourth-order valence-electron chi connectivity index (χ4n) is 3.11. The second-order valence-corrected chi connectivity index (χ2v) is 6.37. The molecule has 0 spiro atoms. The summed E-state index contributed by atoms with van der Waals surface area (Å²) in [6.07, 6.45) is 5.01. The van der Waals surface area contributed by atoms with Gasteiger partial charge in [0.25, 0.3) is 0 Å². The van der Waals surface area contributed by atoms with Crippen molar-refractivity contribution in [2.75, 3.05) is 11.9 Å². The molecule has 1 nitrogen and oxygen atoms in total. The van der Waals surface area contributed by atoms with Gasteiger partial charge in [-0.05, 0) is 68.0 Å². The molecule has 0 saturated heterocycles. The van der Waals surface area contributed by atoms with Crippen LogP contribution in [0.25, 0.3) is 0 Å². The maximum atomic E-state index is 2.36. The van der Waals surface area contributed by atoms with Gasteiger partial charge in [0.1, 0.15) is 0 Å². The Morgan fingerprint density at radius 1 is 0.909 bits per heavy atom. The van der Waals surface area contributed by atoms with E-state index in [4.69, 9.17) is 0 Å². The van der Waals surface area contributed by atoms with Crippen LogP contribution in [0.15, 0.2) is 36.4 Å². The topological polar surface area (TPSA) is 3.24 Å². The zero-order valence-electron chi connectivity index (χ0n) is 14.7. The van der Waals surface area contributed by atoms with Crippen molar-refractivity contribution in [2.45, 2.75) is 53.4 Å². The van der Waals surface area contributed by atoms with Crippen LogP contribution in [0.5, 0.6) is 0 Å². The summed E-state index contributed by atoms with van der Waals surface area (Å²) in [5.41, 5.74) is 8.18. The molecule has 0 heterocycles. The molecular formula is C21H29N. The quantitative estimate of drug-likeness (QED) is 0.581. The number of unbranched alkanes of at least 4 members (excludes halogenated alkanes) is 2. The fourth-order valence-corrected chi connectivity index (χ4v) is 3.11. The van der Waals surface area contributed by atoms with Crippen molar-refractivity contribution in [3.63, 3.8) is 0 Å². The Labute approximate surface area is 136 Å². The number of hydrogen-bond donors (Lipinski definition) is 0. The van der Waals surface area contributed by atoms with Crippen LogP contribution in [0.1, 0.15) is 48.4 Å². The van der Waals surface area contributed by atoms with E-state index >= 15 is 0 Å². The van der Waals surface area contributed by atoms with Gasteiger partial charge in [0.15, 0.2) is 0 Å².